The second-order valence-electron chi connectivity index (χ2n) is 7.56. The number of nitrogens with zero attached hydrogens (tertiary/aromatic N) is 2. The van der Waals surface area contributed by atoms with Gasteiger partial charge in [-0.1, -0.05) is 0 Å². The smallest absolute Gasteiger partial charge is 0.239 e. The van der Waals surface area contributed by atoms with Crippen molar-refractivity contribution in [1.82, 2.24) is 15.1 Å². The quantitative estimate of drug-likeness (QED) is 0.680. The van der Waals surface area contributed by atoms with E-state index >= 15 is 0 Å². The van der Waals surface area contributed by atoms with Gasteiger partial charge in [0.05, 0.1) is 0 Å². The zero-order chi connectivity index (χ0) is 15.0. The number of carbonyl (C=O) groups is 1. The van der Waals surface area contributed by atoms with Crippen LogP contribution in [0.1, 0.15) is 38.5 Å². The fourth-order valence-corrected chi connectivity index (χ4v) is 3.86. The highest BCUT2D eigenvalue weighted by Gasteiger charge is 2.53. The Hall–Kier alpha value is -0.650. The van der Waals surface area contributed by atoms with Gasteiger partial charge in [0.2, 0.25) is 5.91 Å². The summed E-state index contributed by atoms with van der Waals surface area (Å²) in [4.78, 5) is 17.1. The molecule has 0 aromatic carbocycles. The van der Waals surface area contributed by atoms with Gasteiger partial charge in [0.15, 0.2) is 0 Å². The van der Waals surface area contributed by atoms with Crippen LogP contribution in [0.25, 0.3) is 0 Å². The van der Waals surface area contributed by atoms with Crippen LogP contribution in [0.2, 0.25) is 0 Å². The normalized spacial score (nSPS) is 29.8. The largest absolute Gasteiger partial charge is 0.368 e. The third kappa shape index (κ3) is 3.41. The van der Waals surface area contributed by atoms with E-state index < -0.39 is 5.54 Å². The Balaban J connectivity index is 1.72. The molecule has 1 amide bonds. The molecule has 3 N–H and O–H groups in total. The van der Waals surface area contributed by atoms with Gasteiger partial charge in [-0.25, -0.2) is 0 Å². The standard InChI is InChI=1S/C16H30N4O/c1-19(2)10-14-4-3-9-20(14)11-16(15(17)21,12-5-6-12)18-13-7-8-13/h12-14,18H,3-11H2,1-2H3,(H2,17,21). The highest BCUT2D eigenvalue weighted by molar-refractivity contribution is 5.86. The SMILES string of the molecule is CN(C)CC1CCCN1CC(NC1CC1)(C(N)=O)C1CC1. The number of primary amides is 1. The first-order valence-corrected chi connectivity index (χ1v) is 8.47. The molecule has 1 heterocycles. The Morgan fingerprint density at radius 1 is 1.29 bits per heavy atom. The van der Waals surface area contributed by atoms with Crippen LogP contribution >= 0.6 is 0 Å². The highest BCUT2D eigenvalue weighted by Crippen LogP contribution is 2.42. The third-order valence-corrected chi connectivity index (χ3v) is 5.28. The average molecular weight is 294 g/mol. The van der Waals surface area contributed by atoms with Gasteiger partial charge >= 0.3 is 0 Å². The lowest BCUT2D eigenvalue weighted by atomic mass is 9.90. The maximum atomic E-state index is 12.3. The van der Waals surface area contributed by atoms with E-state index in [4.69, 9.17) is 5.73 Å². The molecule has 0 aromatic heterocycles. The summed E-state index contributed by atoms with van der Waals surface area (Å²) in [5, 5.41) is 3.64. The summed E-state index contributed by atoms with van der Waals surface area (Å²) in [6, 6.07) is 1.09. The number of likely N-dealkylation sites (tertiary alicyclic amines) is 1. The summed E-state index contributed by atoms with van der Waals surface area (Å²) in [7, 11) is 4.25. The van der Waals surface area contributed by atoms with Crippen LogP contribution < -0.4 is 11.1 Å². The van der Waals surface area contributed by atoms with Gasteiger partial charge in [-0.2, -0.15) is 0 Å². The molecular formula is C16H30N4O. The molecule has 1 aliphatic heterocycles. The highest BCUT2D eigenvalue weighted by atomic mass is 16.1. The summed E-state index contributed by atoms with van der Waals surface area (Å²) in [5.41, 5.74) is 5.40. The summed E-state index contributed by atoms with van der Waals surface area (Å²) in [6.07, 6.45) is 7.16. The maximum Gasteiger partial charge on any atom is 0.239 e. The fraction of sp³-hybridized carbons (Fsp3) is 0.938. The van der Waals surface area contributed by atoms with E-state index in [9.17, 15) is 4.79 Å². The van der Waals surface area contributed by atoms with E-state index in [1.165, 1.54) is 25.7 Å². The Morgan fingerprint density at radius 3 is 2.52 bits per heavy atom. The zero-order valence-corrected chi connectivity index (χ0v) is 13.5. The van der Waals surface area contributed by atoms with Crippen molar-refractivity contribution in [3.05, 3.63) is 0 Å². The minimum Gasteiger partial charge on any atom is -0.368 e. The molecule has 5 heteroatoms. The number of nitrogens with one attached hydrogen (secondary N) is 1. The van der Waals surface area contributed by atoms with Crippen LogP contribution in [0.3, 0.4) is 0 Å². The molecule has 3 fully saturated rings. The molecule has 1 saturated heterocycles. The molecule has 0 spiro atoms. The summed E-state index contributed by atoms with van der Waals surface area (Å²) < 4.78 is 0. The number of likely N-dealkylation sites (N-methyl/N-ethyl adjacent to an activating group) is 1. The Morgan fingerprint density at radius 2 is 2.00 bits per heavy atom. The lowest BCUT2D eigenvalue weighted by molar-refractivity contribution is -0.126. The van der Waals surface area contributed by atoms with Gasteiger partial charge in [-0.15, -0.1) is 0 Å². The Kier molecular flexibility index (Phi) is 4.26. The average Bonchev–Trinajstić information content (AvgIpc) is 3.30. The van der Waals surface area contributed by atoms with Crippen molar-refractivity contribution >= 4 is 5.91 Å². The first kappa shape index (κ1) is 15.3. The molecule has 120 valence electrons. The third-order valence-electron chi connectivity index (χ3n) is 5.28. The van der Waals surface area contributed by atoms with Gasteiger partial charge < -0.3 is 10.6 Å². The van der Waals surface area contributed by atoms with Crippen molar-refractivity contribution in [2.45, 2.75) is 56.1 Å². The summed E-state index contributed by atoms with van der Waals surface area (Å²) in [5.74, 6) is 0.323. The first-order chi connectivity index (χ1) is 10.0. The molecule has 0 aromatic rings. The Labute approximate surface area is 128 Å². The molecule has 0 radical (unpaired) electrons. The summed E-state index contributed by atoms with van der Waals surface area (Å²) >= 11 is 0. The van der Waals surface area contributed by atoms with Gasteiger partial charge in [-0.05, 0) is 65.1 Å². The number of rotatable bonds is 8. The van der Waals surface area contributed by atoms with Gasteiger partial charge in [-0.3, -0.25) is 15.0 Å². The lowest BCUT2D eigenvalue weighted by Gasteiger charge is -2.38. The van der Waals surface area contributed by atoms with Crippen molar-refractivity contribution in [3.8, 4) is 0 Å². The minimum absolute atomic E-state index is 0.132. The number of hydrogen-bond acceptors (Lipinski definition) is 4. The number of hydrogen-bond donors (Lipinski definition) is 2. The second kappa shape index (κ2) is 5.86. The van der Waals surface area contributed by atoms with Crippen molar-refractivity contribution < 1.29 is 4.79 Å². The van der Waals surface area contributed by atoms with Crippen molar-refractivity contribution in [1.29, 1.82) is 0 Å². The predicted molar refractivity (Wildman–Crippen MR) is 84.0 cm³/mol. The number of carbonyl (C=O) groups excluding carboxylic acids is 1. The molecular weight excluding hydrogens is 264 g/mol. The van der Waals surface area contributed by atoms with Crippen LogP contribution in [0.15, 0.2) is 0 Å². The minimum atomic E-state index is -0.476. The topological polar surface area (TPSA) is 61.6 Å². The van der Waals surface area contributed by atoms with Gasteiger partial charge in [0, 0.05) is 25.2 Å². The van der Waals surface area contributed by atoms with Crippen LogP contribution in [0.4, 0.5) is 0 Å². The summed E-state index contributed by atoms with van der Waals surface area (Å²) in [6.45, 7) is 2.98. The maximum absolute atomic E-state index is 12.3. The van der Waals surface area contributed by atoms with Crippen molar-refractivity contribution in [2.24, 2.45) is 11.7 Å². The van der Waals surface area contributed by atoms with Gasteiger partial charge in [0.1, 0.15) is 5.54 Å². The lowest BCUT2D eigenvalue weighted by Crippen LogP contribution is -2.64. The molecule has 21 heavy (non-hydrogen) atoms. The molecule has 2 saturated carbocycles. The van der Waals surface area contributed by atoms with E-state index in [1.54, 1.807) is 0 Å². The van der Waals surface area contributed by atoms with Crippen molar-refractivity contribution in [3.63, 3.8) is 0 Å². The second-order valence-corrected chi connectivity index (χ2v) is 7.56. The van der Waals surface area contributed by atoms with Crippen LogP contribution in [0.5, 0.6) is 0 Å². The molecule has 2 atom stereocenters. The van der Waals surface area contributed by atoms with E-state index in [2.05, 4.69) is 29.2 Å². The molecule has 5 nitrogen and oxygen atoms in total. The van der Waals surface area contributed by atoms with Crippen LogP contribution in [0, 0.1) is 5.92 Å². The fourth-order valence-electron chi connectivity index (χ4n) is 3.86. The molecule has 2 unspecified atom stereocenters. The van der Waals surface area contributed by atoms with Gasteiger partial charge in [0.25, 0.3) is 0 Å². The molecule has 2 aliphatic carbocycles. The monoisotopic (exact) mass is 294 g/mol. The number of amides is 1. The predicted octanol–water partition coefficient (Wildman–Crippen LogP) is 0.399. The van der Waals surface area contributed by atoms with Crippen molar-refractivity contribution in [2.75, 3.05) is 33.7 Å². The van der Waals surface area contributed by atoms with Crippen LogP contribution in [-0.4, -0.2) is 67.1 Å². The molecule has 0 bridgehead atoms. The number of nitrogens with two attached hydrogens (primary N) is 1. The molecule has 3 rings (SSSR count). The van der Waals surface area contributed by atoms with E-state index in [-0.39, 0.29) is 5.91 Å². The van der Waals surface area contributed by atoms with Crippen LogP contribution in [-0.2, 0) is 4.79 Å². The van der Waals surface area contributed by atoms with E-state index in [0.717, 1.165) is 32.5 Å². The Bertz CT molecular complexity index is 392. The van der Waals surface area contributed by atoms with E-state index in [0.29, 0.717) is 18.0 Å². The first-order valence-electron chi connectivity index (χ1n) is 8.47. The zero-order valence-electron chi connectivity index (χ0n) is 13.5. The van der Waals surface area contributed by atoms with E-state index in [1.807, 2.05) is 0 Å². The molecule has 3 aliphatic rings.